The van der Waals surface area contributed by atoms with Crippen LogP contribution < -0.4 is 25.6 Å². The number of benzene rings is 1. The summed E-state index contributed by atoms with van der Waals surface area (Å²) in [6.45, 7) is 6.83. The van der Waals surface area contributed by atoms with Gasteiger partial charge in [0, 0.05) is 49.2 Å². The van der Waals surface area contributed by atoms with Crippen LogP contribution in [0.5, 0.6) is 11.5 Å². The van der Waals surface area contributed by atoms with Crippen molar-refractivity contribution < 1.29 is 4.74 Å². The highest BCUT2D eigenvalue weighted by atomic mass is 31.0. The van der Waals surface area contributed by atoms with Crippen molar-refractivity contribution in [2.24, 2.45) is 0 Å². The molecular formula is C24H25N10OP. The zero-order valence-corrected chi connectivity index (χ0v) is 21.0. The average Bonchev–Trinajstić information content (AvgIpc) is 3.37. The Balaban J connectivity index is 1.30. The van der Waals surface area contributed by atoms with E-state index in [0.29, 0.717) is 34.6 Å². The van der Waals surface area contributed by atoms with Crippen molar-refractivity contribution >= 4 is 48.7 Å². The molecule has 1 aromatic carbocycles. The number of nitrogens with zero attached hydrogens (tertiary/aromatic N) is 8. The molecule has 36 heavy (non-hydrogen) atoms. The number of pyridine rings is 1. The fourth-order valence-corrected chi connectivity index (χ4v) is 4.57. The molecule has 2 atom stereocenters. The van der Waals surface area contributed by atoms with Crippen LogP contribution in [-0.2, 0) is 0 Å². The van der Waals surface area contributed by atoms with E-state index in [-0.39, 0.29) is 0 Å². The average molecular weight is 501 g/mol. The minimum atomic E-state index is 0.302. The van der Waals surface area contributed by atoms with Gasteiger partial charge in [0.05, 0.1) is 6.20 Å². The van der Waals surface area contributed by atoms with Gasteiger partial charge in [0.25, 0.3) is 0 Å². The maximum absolute atomic E-state index is 6.16. The van der Waals surface area contributed by atoms with Crippen LogP contribution in [0.1, 0.15) is 12.5 Å². The van der Waals surface area contributed by atoms with Crippen molar-refractivity contribution in [3.63, 3.8) is 0 Å². The van der Waals surface area contributed by atoms with Crippen LogP contribution in [0, 0.1) is 6.92 Å². The normalized spacial score (nSPS) is 16.0. The lowest BCUT2D eigenvalue weighted by atomic mass is 10.2. The summed E-state index contributed by atoms with van der Waals surface area (Å²) in [6, 6.07) is 7.92. The van der Waals surface area contributed by atoms with E-state index in [1.807, 2.05) is 37.4 Å². The second-order valence-corrected chi connectivity index (χ2v) is 9.25. The summed E-state index contributed by atoms with van der Waals surface area (Å²) in [5.74, 6) is 2.75. The Labute approximate surface area is 209 Å². The molecule has 0 bridgehead atoms. The van der Waals surface area contributed by atoms with Crippen LogP contribution in [0.2, 0.25) is 0 Å². The number of hydrogen-bond donors (Lipinski definition) is 2. The first kappa shape index (κ1) is 22.5. The minimum Gasteiger partial charge on any atom is -0.457 e. The molecule has 12 heteroatoms. The van der Waals surface area contributed by atoms with E-state index in [1.54, 1.807) is 10.7 Å². The van der Waals surface area contributed by atoms with Crippen LogP contribution in [0.4, 0.5) is 17.5 Å². The molecule has 1 aliphatic heterocycles. The lowest BCUT2D eigenvalue weighted by Crippen LogP contribution is -2.50. The van der Waals surface area contributed by atoms with E-state index >= 15 is 0 Å². The third-order valence-electron chi connectivity index (χ3n) is 6.32. The summed E-state index contributed by atoms with van der Waals surface area (Å²) in [4.78, 5) is 24.7. The molecule has 5 heterocycles. The molecule has 1 saturated heterocycles. The van der Waals surface area contributed by atoms with Gasteiger partial charge in [0.1, 0.15) is 35.2 Å². The van der Waals surface area contributed by atoms with Crippen LogP contribution in [-0.4, -0.2) is 60.2 Å². The van der Waals surface area contributed by atoms with Crippen LogP contribution in [0.15, 0.2) is 49.3 Å². The van der Waals surface area contributed by atoms with Gasteiger partial charge >= 0.3 is 0 Å². The van der Waals surface area contributed by atoms with Gasteiger partial charge in [-0.15, -0.1) is 9.24 Å². The molecule has 4 aromatic heterocycles. The first-order chi connectivity index (χ1) is 17.6. The van der Waals surface area contributed by atoms with E-state index in [9.17, 15) is 0 Å². The molecule has 0 saturated carbocycles. The van der Waals surface area contributed by atoms with Crippen molar-refractivity contribution in [2.45, 2.75) is 19.9 Å². The zero-order chi connectivity index (χ0) is 24.6. The first-order valence-electron chi connectivity index (χ1n) is 11.7. The Bertz CT molecular complexity index is 1570. The molecule has 1 aliphatic rings. The Kier molecular flexibility index (Phi) is 5.79. The van der Waals surface area contributed by atoms with E-state index in [4.69, 9.17) is 9.72 Å². The monoisotopic (exact) mass is 500 g/mol. The SMILES string of the molecule is Cc1c(Oc2ccn3ncnc3c2)ccc(Nc2ncnc3cnc(N4CCNC[C@H]4C)nc23)c1P. The molecule has 5 aromatic rings. The van der Waals surface area contributed by atoms with Crippen molar-refractivity contribution in [3.05, 3.63) is 54.9 Å². The van der Waals surface area contributed by atoms with Gasteiger partial charge in [-0.2, -0.15) is 5.10 Å². The molecular weight excluding hydrogens is 475 g/mol. The van der Waals surface area contributed by atoms with E-state index in [1.165, 1.54) is 12.7 Å². The zero-order valence-electron chi connectivity index (χ0n) is 19.9. The summed E-state index contributed by atoms with van der Waals surface area (Å²) in [7, 11) is 2.80. The van der Waals surface area contributed by atoms with Crippen LogP contribution in [0.3, 0.4) is 0 Å². The number of nitrogens with one attached hydrogen (secondary N) is 2. The highest BCUT2D eigenvalue weighted by Gasteiger charge is 2.21. The number of anilines is 3. The van der Waals surface area contributed by atoms with Crippen molar-refractivity contribution in [1.82, 2.24) is 39.9 Å². The number of piperazine rings is 1. The van der Waals surface area contributed by atoms with E-state index in [2.05, 4.69) is 56.7 Å². The molecule has 0 aliphatic carbocycles. The molecule has 0 radical (unpaired) electrons. The Morgan fingerprint density at radius 3 is 2.94 bits per heavy atom. The topological polar surface area (TPSA) is 118 Å². The number of fused-ring (bicyclic) bond motifs is 2. The van der Waals surface area contributed by atoms with Crippen molar-refractivity contribution in [1.29, 1.82) is 0 Å². The fraction of sp³-hybridized carbons (Fsp3) is 0.250. The molecule has 6 rings (SSSR count). The maximum Gasteiger partial charge on any atom is 0.226 e. The predicted octanol–water partition coefficient (Wildman–Crippen LogP) is 2.61. The second-order valence-electron chi connectivity index (χ2n) is 8.67. The van der Waals surface area contributed by atoms with Gasteiger partial charge in [-0.1, -0.05) is 0 Å². The second kappa shape index (κ2) is 9.25. The number of rotatable bonds is 5. The summed E-state index contributed by atoms with van der Waals surface area (Å²) < 4.78 is 7.85. The summed E-state index contributed by atoms with van der Waals surface area (Å²) in [5.41, 5.74) is 3.95. The largest absolute Gasteiger partial charge is 0.457 e. The van der Waals surface area contributed by atoms with Gasteiger partial charge in [0.15, 0.2) is 11.5 Å². The molecule has 1 unspecified atom stereocenters. The van der Waals surface area contributed by atoms with Gasteiger partial charge in [-0.25, -0.2) is 29.4 Å². The van der Waals surface area contributed by atoms with Gasteiger partial charge in [0.2, 0.25) is 5.95 Å². The smallest absolute Gasteiger partial charge is 0.226 e. The lowest BCUT2D eigenvalue weighted by molar-refractivity contribution is 0.479. The molecule has 2 N–H and O–H groups in total. The van der Waals surface area contributed by atoms with Crippen LogP contribution >= 0.6 is 9.24 Å². The molecule has 0 spiro atoms. The summed E-state index contributed by atoms with van der Waals surface area (Å²) in [6.07, 6.45) is 6.62. The summed E-state index contributed by atoms with van der Waals surface area (Å²) >= 11 is 0. The Morgan fingerprint density at radius 1 is 1.14 bits per heavy atom. The lowest BCUT2D eigenvalue weighted by Gasteiger charge is -2.33. The highest BCUT2D eigenvalue weighted by molar-refractivity contribution is 7.28. The minimum absolute atomic E-state index is 0.302. The number of aromatic nitrogens is 7. The third kappa shape index (κ3) is 4.16. The molecule has 11 nitrogen and oxygen atoms in total. The van der Waals surface area contributed by atoms with Gasteiger partial charge in [-0.3, -0.25) is 0 Å². The van der Waals surface area contributed by atoms with E-state index in [0.717, 1.165) is 47.6 Å². The Hall–Kier alpha value is -3.95. The van der Waals surface area contributed by atoms with Crippen molar-refractivity contribution in [2.75, 3.05) is 29.9 Å². The standard InChI is InChI=1S/C24H25N10OP/c1-14-10-25-6-8-33(14)24-26-11-18-21(32-24)23(29-12-27-18)31-17-3-4-19(15(2)22(17)36)35-16-5-7-34-20(9-16)28-13-30-34/h3-5,7,9,11-14,25H,6,8,10,36H2,1-2H3,(H,27,29,31)/t14-/m1/s1. The molecule has 0 amide bonds. The van der Waals surface area contributed by atoms with Crippen LogP contribution in [0.25, 0.3) is 16.7 Å². The predicted molar refractivity (Wildman–Crippen MR) is 142 cm³/mol. The van der Waals surface area contributed by atoms with E-state index < -0.39 is 0 Å². The highest BCUT2D eigenvalue weighted by Crippen LogP contribution is 2.30. The van der Waals surface area contributed by atoms with Crippen molar-refractivity contribution in [3.8, 4) is 11.5 Å². The molecule has 1 fully saturated rings. The van der Waals surface area contributed by atoms with Gasteiger partial charge in [-0.05, 0) is 37.4 Å². The quantitative estimate of drug-likeness (QED) is 0.349. The number of hydrogen-bond acceptors (Lipinski definition) is 10. The summed E-state index contributed by atoms with van der Waals surface area (Å²) in [5, 5.41) is 11.9. The Morgan fingerprint density at radius 2 is 2.06 bits per heavy atom. The number of ether oxygens (including phenoxy) is 1. The third-order valence-corrected chi connectivity index (χ3v) is 7.07. The van der Waals surface area contributed by atoms with Gasteiger partial charge < -0.3 is 20.3 Å². The maximum atomic E-state index is 6.16. The molecule has 182 valence electrons. The first-order valence-corrected chi connectivity index (χ1v) is 12.2. The fourth-order valence-electron chi connectivity index (χ4n) is 4.26.